The molecule has 0 aliphatic carbocycles. The molecule has 0 unspecified atom stereocenters. The summed E-state index contributed by atoms with van der Waals surface area (Å²) in [6.45, 7) is 2.02. The zero-order valence-electron chi connectivity index (χ0n) is 16.5. The second-order valence-electron chi connectivity index (χ2n) is 7.30. The van der Waals surface area contributed by atoms with Crippen LogP contribution in [0.1, 0.15) is 23.6 Å². The van der Waals surface area contributed by atoms with Crippen molar-refractivity contribution in [2.45, 2.75) is 25.6 Å². The number of nitrogens with one attached hydrogen (secondary N) is 1. The molecule has 5 nitrogen and oxygen atoms in total. The fourth-order valence-corrected chi connectivity index (χ4v) is 3.66. The van der Waals surface area contributed by atoms with Gasteiger partial charge in [0.2, 0.25) is 10.0 Å². The van der Waals surface area contributed by atoms with Gasteiger partial charge in [0.1, 0.15) is 12.4 Å². The normalized spacial score (nSPS) is 13.5. The van der Waals surface area contributed by atoms with Gasteiger partial charge in [-0.25, -0.2) is 8.42 Å². The van der Waals surface area contributed by atoms with Crippen molar-refractivity contribution in [3.05, 3.63) is 95.6 Å². The van der Waals surface area contributed by atoms with E-state index in [1.165, 1.54) is 0 Å². The van der Waals surface area contributed by atoms with Gasteiger partial charge in [0.15, 0.2) is 0 Å². The number of benzene rings is 3. The molecule has 0 aliphatic rings. The number of sulfonamides is 1. The molecule has 0 saturated heterocycles. The lowest BCUT2D eigenvalue weighted by Crippen LogP contribution is -2.24. The standard InChI is InChI=1S/C23H25NO4S/c1-23(25,16-18-9-5-3-6-10-18)20-13-14-22(21(15-20)24-29(2,26)27)28-17-19-11-7-4-8-12-19/h3-15,24-25H,16-17H2,1-2H3/t23-/m1/s1. The van der Waals surface area contributed by atoms with Gasteiger partial charge in [0.25, 0.3) is 0 Å². The first-order valence-corrected chi connectivity index (χ1v) is 11.2. The maximum absolute atomic E-state index is 11.8. The van der Waals surface area contributed by atoms with Gasteiger partial charge >= 0.3 is 0 Å². The Balaban J connectivity index is 1.88. The van der Waals surface area contributed by atoms with Crippen LogP contribution in [0.3, 0.4) is 0 Å². The summed E-state index contributed by atoms with van der Waals surface area (Å²) in [6.07, 6.45) is 1.49. The number of rotatable bonds is 8. The van der Waals surface area contributed by atoms with Crippen molar-refractivity contribution in [2.24, 2.45) is 0 Å². The minimum Gasteiger partial charge on any atom is -0.487 e. The highest BCUT2D eigenvalue weighted by Gasteiger charge is 2.25. The van der Waals surface area contributed by atoms with Gasteiger partial charge in [0, 0.05) is 6.42 Å². The number of ether oxygens (including phenoxy) is 1. The Kier molecular flexibility index (Phi) is 6.25. The van der Waals surface area contributed by atoms with E-state index in [1.807, 2.05) is 60.7 Å². The largest absolute Gasteiger partial charge is 0.487 e. The predicted octanol–water partition coefficient (Wildman–Crippen LogP) is 4.09. The molecule has 152 valence electrons. The van der Waals surface area contributed by atoms with E-state index in [0.29, 0.717) is 30.0 Å². The lowest BCUT2D eigenvalue weighted by atomic mass is 9.89. The highest BCUT2D eigenvalue weighted by molar-refractivity contribution is 7.92. The molecule has 3 rings (SSSR count). The van der Waals surface area contributed by atoms with Gasteiger partial charge in [-0.1, -0.05) is 66.7 Å². The molecule has 0 radical (unpaired) electrons. The second kappa shape index (κ2) is 8.68. The van der Waals surface area contributed by atoms with Gasteiger partial charge < -0.3 is 9.84 Å². The van der Waals surface area contributed by atoms with E-state index in [9.17, 15) is 13.5 Å². The Morgan fingerprint density at radius 1 is 0.931 bits per heavy atom. The average molecular weight is 412 g/mol. The number of hydrogen-bond donors (Lipinski definition) is 2. The number of aliphatic hydroxyl groups is 1. The van der Waals surface area contributed by atoms with Crippen molar-refractivity contribution in [3.8, 4) is 5.75 Å². The quantitative estimate of drug-likeness (QED) is 0.585. The third-order valence-electron chi connectivity index (χ3n) is 4.53. The van der Waals surface area contributed by atoms with E-state index in [-0.39, 0.29) is 0 Å². The smallest absolute Gasteiger partial charge is 0.229 e. The van der Waals surface area contributed by atoms with E-state index in [1.54, 1.807) is 25.1 Å². The molecular formula is C23H25NO4S. The van der Waals surface area contributed by atoms with Crippen LogP contribution in [0.25, 0.3) is 0 Å². The summed E-state index contributed by atoms with van der Waals surface area (Å²) in [5, 5.41) is 11.0. The van der Waals surface area contributed by atoms with Crippen LogP contribution in [-0.2, 0) is 28.7 Å². The number of anilines is 1. The van der Waals surface area contributed by atoms with E-state index in [4.69, 9.17) is 4.74 Å². The molecule has 0 heterocycles. The molecular weight excluding hydrogens is 386 g/mol. The lowest BCUT2D eigenvalue weighted by molar-refractivity contribution is 0.0576. The van der Waals surface area contributed by atoms with Crippen LogP contribution < -0.4 is 9.46 Å². The molecule has 29 heavy (non-hydrogen) atoms. The molecule has 0 saturated carbocycles. The van der Waals surface area contributed by atoms with E-state index >= 15 is 0 Å². The molecule has 0 aliphatic heterocycles. The SMILES string of the molecule is C[C@@](O)(Cc1ccccc1)c1ccc(OCc2ccccc2)c(NS(C)(=O)=O)c1. The van der Waals surface area contributed by atoms with E-state index < -0.39 is 15.6 Å². The molecule has 0 fully saturated rings. The van der Waals surface area contributed by atoms with Crippen LogP contribution >= 0.6 is 0 Å². The maximum atomic E-state index is 11.8. The topological polar surface area (TPSA) is 75.6 Å². The summed E-state index contributed by atoms with van der Waals surface area (Å²) in [5.41, 5.74) is 1.68. The summed E-state index contributed by atoms with van der Waals surface area (Å²) < 4.78 is 32.0. The molecule has 2 N–H and O–H groups in total. The predicted molar refractivity (Wildman–Crippen MR) is 115 cm³/mol. The third kappa shape index (κ3) is 6.07. The van der Waals surface area contributed by atoms with E-state index in [2.05, 4.69) is 4.72 Å². The van der Waals surface area contributed by atoms with Crippen molar-refractivity contribution in [3.63, 3.8) is 0 Å². The van der Waals surface area contributed by atoms with Gasteiger partial charge in [-0.15, -0.1) is 0 Å². The summed E-state index contributed by atoms with van der Waals surface area (Å²) in [7, 11) is -3.52. The molecule has 0 amide bonds. The monoisotopic (exact) mass is 411 g/mol. The van der Waals surface area contributed by atoms with Crippen LogP contribution in [0.4, 0.5) is 5.69 Å². The third-order valence-corrected chi connectivity index (χ3v) is 5.12. The first-order chi connectivity index (χ1) is 13.7. The Hall–Kier alpha value is -2.83. The van der Waals surface area contributed by atoms with Gasteiger partial charge in [-0.3, -0.25) is 4.72 Å². The molecule has 3 aromatic carbocycles. The van der Waals surface area contributed by atoms with Gasteiger partial charge in [-0.05, 0) is 35.7 Å². The highest BCUT2D eigenvalue weighted by Crippen LogP contribution is 2.33. The van der Waals surface area contributed by atoms with Crippen molar-refractivity contribution in [1.29, 1.82) is 0 Å². The van der Waals surface area contributed by atoms with Crippen molar-refractivity contribution in [2.75, 3.05) is 11.0 Å². The van der Waals surface area contributed by atoms with Crippen LogP contribution in [0.5, 0.6) is 5.75 Å². The van der Waals surface area contributed by atoms with Crippen LogP contribution in [0, 0.1) is 0 Å². The second-order valence-corrected chi connectivity index (χ2v) is 9.04. The summed E-state index contributed by atoms with van der Waals surface area (Å²) in [5.74, 6) is 0.401. The summed E-state index contributed by atoms with van der Waals surface area (Å²) in [4.78, 5) is 0. The van der Waals surface area contributed by atoms with E-state index in [0.717, 1.165) is 17.4 Å². The fraction of sp³-hybridized carbons (Fsp3) is 0.217. The van der Waals surface area contributed by atoms with Crippen molar-refractivity contribution in [1.82, 2.24) is 0 Å². The molecule has 0 bridgehead atoms. The molecule has 6 heteroatoms. The highest BCUT2D eigenvalue weighted by atomic mass is 32.2. The Morgan fingerprint density at radius 3 is 2.10 bits per heavy atom. The van der Waals surface area contributed by atoms with Crippen LogP contribution in [-0.4, -0.2) is 19.8 Å². The zero-order valence-corrected chi connectivity index (χ0v) is 17.3. The summed E-state index contributed by atoms with van der Waals surface area (Å²) in [6, 6.07) is 24.3. The summed E-state index contributed by atoms with van der Waals surface area (Å²) >= 11 is 0. The van der Waals surface area contributed by atoms with Crippen LogP contribution in [0.2, 0.25) is 0 Å². The molecule has 3 aromatic rings. The van der Waals surface area contributed by atoms with Crippen LogP contribution in [0.15, 0.2) is 78.9 Å². The molecule has 0 spiro atoms. The lowest BCUT2D eigenvalue weighted by Gasteiger charge is -2.25. The Bertz CT molecular complexity index is 1050. The molecule has 0 aromatic heterocycles. The minimum absolute atomic E-state index is 0.300. The molecule has 1 atom stereocenters. The first kappa shape index (κ1) is 20.9. The minimum atomic E-state index is -3.52. The van der Waals surface area contributed by atoms with Gasteiger partial charge in [0.05, 0.1) is 17.5 Å². The zero-order chi connectivity index (χ0) is 20.9. The fourth-order valence-electron chi connectivity index (χ4n) is 3.10. The van der Waals surface area contributed by atoms with Gasteiger partial charge in [-0.2, -0.15) is 0 Å². The van der Waals surface area contributed by atoms with Crippen molar-refractivity contribution < 1.29 is 18.3 Å². The Morgan fingerprint density at radius 2 is 1.52 bits per heavy atom. The number of hydrogen-bond acceptors (Lipinski definition) is 4. The van der Waals surface area contributed by atoms with Crippen molar-refractivity contribution >= 4 is 15.7 Å². The Labute approximate surface area is 172 Å². The average Bonchev–Trinajstić information content (AvgIpc) is 2.67. The first-order valence-electron chi connectivity index (χ1n) is 9.28. The maximum Gasteiger partial charge on any atom is 0.229 e.